The van der Waals surface area contributed by atoms with E-state index in [4.69, 9.17) is 33.2 Å². The zero-order valence-corrected chi connectivity index (χ0v) is 40.8. The Balaban J connectivity index is 1.04. The second kappa shape index (κ2) is 19.1. The van der Waals surface area contributed by atoms with Gasteiger partial charge in [0.2, 0.25) is 6.29 Å². The van der Waals surface area contributed by atoms with Crippen LogP contribution in [0.5, 0.6) is 0 Å². The molecule has 0 aromatic carbocycles. The first kappa shape index (κ1) is 53.3. The third kappa shape index (κ3) is 8.26. The molecule has 4 saturated carbocycles. The Hall–Kier alpha value is -1.96. The molecule has 5 aliphatic carbocycles. The maximum Gasteiger partial charge on any atom is 0.315 e. The summed E-state index contributed by atoms with van der Waals surface area (Å²) in [7, 11) is 1.36. The van der Waals surface area contributed by atoms with Crippen molar-refractivity contribution >= 4 is 11.9 Å². The SMILES string of the molecule is COC(=O)[C@@]1(C)CC[C@]2(C(=O)O[C@@H]3O[C@H](CO)[C@@H](O)[C@H](O)[C@H]3O)CC[C@@]3(C)C(=CC[C@@H]4[C@@]5(C)CC[C@H](O[C@@H]6O[C@H](CO)[C@@H](O)[C@H](O[C@@H]7O[C@H](CO)[C@H](O)[C@H](O)[C@H]7O)[C@H]6O)C(C)(C)[C@@H]5CC[C@]43C)[C@@H]2C1. The smallest absolute Gasteiger partial charge is 0.315 e. The van der Waals surface area contributed by atoms with Crippen LogP contribution in [0.1, 0.15) is 106 Å². The Labute approximate surface area is 402 Å². The average Bonchev–Trinajstić information content (AvgIpc) is 3.31. The van der Waals surface area contributed by atoms with E-state index >= 15 is 0 Å². The van der Waals surface area contributed by atoms with Gasteiger partial charge in [-0.15, -0.1) is 0 Å². The first-order valence-electron chi connectivity index (χ1n) is 24.9. The fourth-order valence-electron chi connectivity index (χ4n) is 15.3. The van der Waals surface area contributed by atoms with Crippen molar-refractivity contribution in [2.45, 2.75) is 204 Å². The second-order valence-electron chi connectivity index (χ2n) is 23.4. The highest BCUT2D eigenvalue weighted by Crippen LogP contribution is 2.76. The van der Waals surface area contributed by atoms with Crippen molar-refractivity contribution in [3.05, 3.63) is 11.6 Å². The van der Waals surface area contributed by atoms with Crippen molar-refractivity contribution in [3.8, 4) is 0 Å². The van der Waals surface area contributed by atoms with Gasteiger partial charge in [0.15, 0.2) is 12.6 Å². The number of methoxy groups -OCH3 is 1. The van der Waals surface area contributed by atoms with Gasteiger partial charge in [-0.25, -0.2) is 0 Å². The van der Waals surface area contributed by atoms with Crippen LogP contribution in [0.3, 0.4) is 0 Å². The van der Waals surface area contributed by atoms with Gasteiger partial charge in [-0.2, -0.15) is 0 Å². The number of hydrogen-bond acceptors (Lipinski definition) is 20. The number of hydrogen-bond donors (Lipinski definition) is 11. The van der Waals surface area contributed by atoms with Gasteiger partial charge in [0.05, 0.1) is 43.9 Å². The Morgan fingerprint density at radius 2 is 1.16 bits per heavy atom. The Bertz CT molecular complexity index is 1910. The van der Waals surface area contributed by atoms with Crippen molar-refractivity contribution in [2.75, 3.05) is 26.9 Å². The lowest BCUT2D eigenvalue weighted by molar-refractivity contribution is -0.369. The topological polar surface area (TPSA) is 321 Å². The molecular formula is C49H78O20. The molecule has 0 radical (unpaired) electrons. The predicted octanol–water partition coefficient (Wildman–Crippen LogP) is -0.706. The number of rotatable bonds is 10. The van der Waals surface area contributed by atoms with Crippen LogP contribution in [0.4, 0.5) is 0 Å². The molecule has 0 bridgehead atoms. The highest BCUT2D eigenvalue weighted by molar-refractivity contribution is 5.81. The van der Waals surface area contributed by atoms with E-state index in [1.807, 2.05) is 6.92 Å². The highest BCUT2D eigenvalue weighted by Gasteiger charge is 2.71. The zero-order chi connectivity index (χ0) is 50.6. The molecule has 3 saturated heterocycles. The van der Waals surface area contributed by atoms with E-state index in [9.17, 15) is 65.8 Å². The molecule has 0 aromatic heterocycles. The molecule has 0 unspecified atom stereocenters. The minimum absolute atomic E-state index is 0.106. The summed E-state index contributed by atoms with van der Waals surface area (Å²) in [5.41, 5.74) is -2.38. The van der Waals surface area contributed by atoms with Gasteiger partial charge in [-0.3, -0.25) is 9.59 Å². The lowest BCUT2D eigenvalue weighted by Crippen LogP contribution is -2.67. The van der Waals surface area contributed by atoms with E-state index in [0.29, 0.717) is 44.9 Å². The van der Waals surface area contributed by atoms with Gasteiger partial charge in [0, 0.05) is 0 Å². The van der Waals surface area contributed by atoms with Crippen molar-refractivity contribution in [1.82, 2.24) is 0 Å². The normalized spacial score (nSPS) is 52.8. The van der Waals surface area contributed by atoms with Crippen LogP contribution in [0.15, 0.2) is 11.6 Å². The predicted molar refractivity (Wildman–Crippen MR) is 237 cm³/mol. The minimum Gasteiger partial charge on any atom is -0.469 e. The van der Waals surface area contributed by atoms with E-state index in [0.717, 1.165) is 24.8 Å². The highest BCUT2D eigenvalue weighted by atomic mass is 16.7. The van der Waals surface area contributed by atoms with Gasteiger partial charge >= 0.3 is 11.9 Å². The van der Waals surface area contributed by atoms with Crippen LogP contribution in [0, 0.1) is 50.2 Å². The molecule has 394 valence electrons. The fraction of sp³-hybridized carbons (Fsp3) is 0.918. The molecule has 3 heterocycles. The van der Waals surface area contributed by atoms with E-state index in [1.54, 1.807) is 0 Å². The molecular weight excluding hydrogens is 909 g/mol. The van der Waals surface area contributed by atoms with Crippen LogP contribution in [-0.4, -0.2) is 193 Å². The number of allylic oxidation sites excluding steroid dienone is 2. The van der Waals surface area contributed by atoms with Crippen LogP contribution >= 0.6 is 0 Å². The third-order valence-corrected chi connectivity index (χ3v) is 19.8. The standard InChI is InChI=1S/C49H78O20/c1-44(2)27-10-13-48(6)28(46(27,4)12-11-29(44)67-41-37(60)38(32(55)26(21-52)66-41)68-39-35(58)33(56)30(53)24(19-50)64-39)9-8-22-23-18-45(3,42(61)63-7)14-16-49(23,17-15-47(22,48)5)43(62)69-40-36(59)34(57)31(54)25(20-51)65-40/h8,23-41,50-60H,9-21H2,1-7H3/t23-,24+,25+,26+,27-,28+,29-,30-,31+,32+,33-,34-,35+,36+,37+,38-,39-,40-,41-,45-,46-,47-,48+,49-/m0/s1. The summed E-state index contributed by atoms with van der Waals surface area (Å²) in [6.07, 6.45) is -16.3. The quantitative estimate of drug-likeness (QED) is 0.0732. The van der Waals surface area contributed by atoms with Crippen molar-refractivity contribution < 1.29 is 98.9 Å². The van der Waals surface area contributed by atoms with Crippen LogP contribution < -0.4 is 0 Å². The largest absolute Gasteiger partial charge is 0.469 e. The molecule has 3 aliphatic heterocycles. The number of ether oxygens (including phenoxy) is 7. The molecule has 24 atom stereocenters. The average molecular weight is 987 g/mol. The molecule has 20 heteroatoms. The molecule has 7 fully saturated rings. The maximum absolute atomic E-state index is 14.8. The van der Waals surface area contributed by atoms with Crippen molar-refractivity contribution in [3.63, 3.8) is 0 Å². The molecule has 0 spiro atoms. The Morgan fingerprint density at radius 1 is 0.609 bits per heavy atom. The third-order valence-electron chi connectivity index (χ3n) is 19.8. The number of carbonyl (C=O) groups excluding carboxylic acids is 2. The summed E-state index contributed by atoms with van der Waals surface area (Å²) in [4.78, 5) is 28.3. The molecule has 0 amide bonds. The number of esters is 2. The molecule has 20 nitrogen and oxygen atoms in total. The fourth-order valence-corrected chi connectivity index (χ4v) is 15.3. The summed E-state index contributed by atoms with van der Waals surface area (Å²) >= 11 is 0. The van der Waals surface area contributed by atoms with Crippen LogP contribution in [0.2, 0.25) is 0 Å². The number of carbonyl (C=O) groups is 2. The second-order valence-corrected chi connectivity index (χ2v) is 23.4. The summed E-state index contributed by atoms with van der Waals surface area (Å²) < 4.78 is 41.0. The zero-order valence-electron chi connectivity index (χ0n) is 40.8. The number of aliphatic hydroxyl groups is 11. The van der Waals surface area contributed by atoms with Gasteiger partial charge in [-0.05, 0) is 111 Å². The summed E-state index contributed by atoms with van der Waals surface area (Å²) in [5, 5.41) is 116. The van der Waals surface area contributed by atoms with Gasteiger partial charge in [0.1, 0.15) is 73.2 Å². The maximum atomic E-state index is 14.8. The van der Waals surface area contributed by atoms with Crippen LogP contribution in [0.25, 0.3) is 0 Å². The van der Waals surface area contributed by atoms with Gasteiger partial charge in [-0.1, -0.05) is 46.3 Å². The molecule has 8 aliphatic rings. The summed E-state index contributed by atoms with van der Waals surface area (Å²) in [6.45, 7) is 11.1. The number of fused-ring (bicyclic) bond motifs is 7. The molecule has 69 heavy (non-hydrogen) atoms. The lowest BCUT2D eigenvalue weighted by atomic mass is 9.33. The van der Waals surface area contributed by atoms with Gasteiger partial charge in [0.25, 0.3) is 0 Å². The number of aliphatic hydroxyl groups excluding tert-OH is 11. The Morgan fingerprint density at radius 3 is 1.75 bits per heavy atom. The monoisotopic (exact) mass is 987 g/mol. The van der Waals surface area contributed by atoms with Crippen molar-refractivity contribution in [2.24, 2.45) is 50.2 Å². The first-order valence-corrected chi connectivity index (χ1v) is 24.9. The molecule has 11 N–H and O–H groups in total. The summed E-state index contributed by atoms with van der Waals surface area (Å²) in [6, 6.07) is 0. The van der Waals surface area contributed by atoms with E-state index in [-0.39, 0.29) is 28.6 Å². The molecule has 8 rings (SSSR count). The van der Waals surface area contributed by atoms with E-state index < -0.39 is 152 Å². The van der Waals surface area contributed by atoms with Crippen LogP contribution in [-0.2, 0) is 42.7 Å². The molecule has 0 aromatic rings. The van der Waals surface area contributed by atoms with Gasteiger partial charge < -0.3 is 89.3 Å². The lowest BCUT2D eigenvalue weighted by Gasteiger charge is -2.71. The van der Waals surface area contributed by atoms with E-state index in [2.05, 4.69) is 40.7 Å². The minimum atomic E-state index is -1.81. The Kier molecular flexibility index (Phi) is 14.7. The van der Waals surface area contributed by atoms with E-state index in [1.165, 1.54) is 7.11 Å². The van der Waals surface area contributed by atoms with Crippen molar-refractivity contribution in [1.29, 1.82) is 0 Å². The first-order chi connectivity index (χ1) is 32.3. The summed E-state index contributed by atoms with van der Waals surface area (Å²) in [5.74, 6) is -1.18.